The molecule has 0 heterocycles. The fourth-order valence-corrected chi connectivity index (χ4v) is 1.90. The van der Waals surface area contributed by atoms with Gasteiger partial charge in [-0.25, -0.2) is 4.39 Å². The first-order valence-electron chi connectivity index (χ1n) is 6.03. The molecular weight excluding hydrogens is 270 g/mol. The Bertz CT molecular complexity index is 605. The van der Waals surface area contributed by atoms with Crippen LogP contribution < -0.4 is 5.32 Å². The number of hydrogen-bond acceptors (Lipinski definition) is 1. The van der Waals surface area contributed by atoms with Crippen LogP contribution in [0.25, 0.3) is 0 Å². The van der Waals surface area contributed by atoms with E-state index in [0.29, 0.717) is 11.3 Å². The van der Waals surface area contributed by atoms with E-state index in [4.69, 9.17) is 0 Å². The summed E-state index contributed by atoms with van der Waals surface area (Å²) >= 11 is 0. The highest BCUT2D eigenvalue weighted by Crippen LogP contribution is 2.32. The molecule has 0 aliphatic carbocycles. The molecule has 0 saturated heterocycles. The summed E-state index contributed by atoms with van der Waals surface area (Å²) in [6.07, 6.45) is -4.38. The van der Waals surface area contributed by atoms with Gasteiger partial charge in [-0.15, -0.1) is 0 Å². The Hall–Kier alpha value is -2.04. The number of hydrogen-bond donors (Lipinski definition) is 1. The molecule has 1 N–H and O–H groups in total. The number of rotatable bonds is 3. The minimum atomic E-state index is -4.38. The van der Waals surface area contributed by atoms with Crippen molar-refractivity contribution < 1.29 is 17.6 Å². The van der Waals surface area contributed by atoms with E-state index in [0.717, 1.165) is 6.07 Å². The zero-order valence-electron chi connectivity index (χ0n) is 10.8. The van der Waals surface area contributed by atoms with E-state index in [2.05, 4.69) is 5.32 Å². The van der Waals surface area contributed by atoms with Gasteiger partial charge < -0.3 is 5.32 Å². The van der Waals surface area contributed by atoms with Crippen LogP contribution in [0.1, 0.15) is 16.7 Å². The second-order valence-corrected chi connectivity index (χ2v) is 4.47. The zero-order chi connectivity index (χ0) is 14.8. The molecule has 2 rings (SSSR count). The monoisotopic (exact) mass is 283 g/mol. The Kier molecular flexibility index (Phi) is 3.97. The molecule has 0 radical (unpaired) electrons. The van der Waals surface area contributed by atoms with E-state index in [9.17, 15) is 17.6 Å². The molecule has 0 unspecified atom stereocenters. The Labute approximate surface area is 114 Å². The maximum absolute atomic E-state index is 13.1. The van der Waals surface area contributed by atoms with Crippen molar-refractivity contribution in [3.05, 3.63) is 65.0 Å². The number of alkyl halides is 3. The predicted octanol–water partition coefficient (Wildman–Crippen LogP) is 4.77. The number of benzene rings is 2. The van der Waals surface area contributed by atoms with Gasteiger partial charge in [0, 0.05) is 12.2 Å². The quantitative estimate of drug-likeness (QED) is 0.800. The van der Waals surface area contributed by atoms with Crippen molar-refractivity contribution in [2.45, 2.75) is 19.6 Å². The molecule has 1 nitrogen and oxygen atoms in total. The van der Waals surface area contributed by atoms with Crippen molar-refractivity contribution in [1.29, 1.82) is 0 Å². The van der Waals surface area contributed by atoms with Gasteiger partial charge in [0.25, 0.3) is 0 Å². The lowest BCUT2D eigenvalue weighted by Gasteiger charge is -2.14. The number of halogens is 4. The van der Waals surface area contributed by atoms with E-state index in [1.165, 1.54) is 24.3 Å². The second kappa shape index (κ2) is 5.53. The van der Waals surface area contributed by atoms with E-state index < -0.39 is 11.7 Å². The molecule has 0 amide bonds. The zero-order valence-corrected chi connectivity index (χ0v) is 10.8. The minimum Gasteiger partial charge on any atom is -0.381 e. The fourth-order valence-electron chi connectivity index (χ4n) is 1.90. The van der Waals surface area contributed by atoms with Gasteiger partial charge in [-0.05, 0) is 42.3 Å². The molecular formula is C15H13F4N. The number of nitrogens with one attached hydrogen (secondary N) is 1. The van der Waals surface area contributed by atoms with E-state index >= 15 is 0 Å². The summed E-state index contributed by atoms with van der Waals surface area (Å²) in [6, 6.07) is 9.73. The van der Waals surface area contributed by atoms with Gasteiger partial charge in [0.1, 0.15) is 5.82 Å². The van der Waals surface area contributed by atoms with Crippen molar-refractivity contribution >= 4 is 5.69 Å². The third kappa shape index (κ3) is 3.29. The van der Waals surface area contributed by atoms with E-state index in [-0.39, 0.29) is 17.9 Å². The number of anilines is 1. The van der Waals surface area contributed by atoms with E-state index in [1.807, 2.05) is 0 Å². The molecule has 0 saturated carbocycles. The molecule has 2 aromatic rings. The first-order valence-corrected chi connectivity index (χ1v) is 6.03. The smallest absolute Gasteiger partial charge is 0.381 e. The van der Waals surface area contributed by atoms with Gasteiger partial charge >= 0.3 is 6.18 Å². The number of aryl methyl sites for hydroxylation is 1. The molecule has 0 fully saturated rings. The Balaban J connectivity index is 2.17. The normalized spacial score (nSPS) is 11.4. The van der Waals surface area contributed by atoms with Crippen LogP contribution in [0, 0.1) is 12.7 Å². The first-order chi connectivity index (χ1) is 9.38. The van der Waals surface area contributed by atoms with E-state index in [1.54, 1.807) is 19.1 Å². The lowest BCUT2D eigenvalue weighted by atomic mass is 10.1. The predicted molar refractivity (Wildman–Crippen MR) is 69.9 cm³/mol. The van der Waals surface area contributed by atoms with Gasteiger partial charge in [0.05, 0.1) is 5.56 Å². The summed E-state index contributed by atoms with van der Waals surface area (Å²) < 4.78 is 51.5. The topological polar surface area (TPSA) is 12.0 Å². The maximum atomic E-state index is 13.1. The summed E-state index contributed by atoms with van der Waals surface area (Å²) in [4.78, 5) is 0. The van der Waals surface area contributed by atoms with Crippen LogP contribution in [0.3, 0.4) is 0 Å². The van der Waals surface area contributed by atoms with Crippen molar-refractivity contribution in [3.63, 3.8) is 0 Å². The summed E-state index contributed by atoms with van der Waals surface area (Å²) in [5.74, 6) is -0.341. The second-order valence-electron chi connectivity index (χ2n) is 4.47. The van der Waals surface area contributed by atoms with Crippen LogP contribution in [0.15, 0.2) is 42.5 Å². The minimum absolute atomic E-state index is 0.0285. The van der Waals surface area contributed by atoms with Crippen molar-refractivity contribution in [3.8, 4) is 0 Å². The first kappa shape index (κ1) is 14.4. The van der Waals surface area contributed by atoms with Crippen LogP contribution in [0.5, 0.6) is 0 Å². The van der Waals surface area contributed by atoms with Gasteiger partial charge in [0.2, 0.25) is 0 Å². The molecule has 0 aliphatic heterocycles. The molecule has 0 bridgehead atoms. The molecule has 0 atom stereocenters. The van der Waals surface area contributed by atoms with Crippen LogP contribution in [-0.4, -0.2) is 0 Å². The third-order valence-corrected chi connectivity index (χ3v) is 2.96. The van der Waals surface area contributed by atoms with Crippen molar-refractivity contribution in [2.24, 2.45) is 0 Å². The summed E-state index contributed by atoms with van der Waals surface area (Å²) in [6.45, 7) is 1.63. The lowest BCUT2D eigenvalue weighted by molar-refractivity contribution is -0.138. The fraction of sp³-hybridized carbons (Fsp3) is 0.200. The Morgan fingerprint density at radius 3 is 2.40 bits per heavy atom. The summed E-state index contributed by atoms with van der Waals surface area (Å²) in [7, 11) is 0. The Morgan fingerprint density at radius 1 is 1.05 bits per heavy atom. The van der Waals surface area contributed by atoms with Gasteiger partial charge in [-0.2, -0.15) is 13.2 Å². The standard InChI is InChI=1S/C15H13F4N/c1-10-8-12(6-7-14(10)16)20-9-11-4-2-3-5-13(11)15(17,18)19/h2-8,20H,9H2,1H3. The van der Waals surface area contributed by atoms with Crippen LogP contribution >= 0.6 is 0 Å². The average Bonchev–Trinajstić information content (AvgIpc) is 2.39. The average molecular weight is 283 g/mol. The summed E-state index contributed by atoms with van der Waals surface area (Å²) in [5, 5.41) is 2.87. The van der Waals surface area contributed by atoms with Gasteiger partial charge in [0.15, 0.2) is 0 Å². The highest BCUT2D eigenvalue weighted by atomic mass is 19.4. The van der Waals surface area contributed by atoms with Crippen LogP contribution in [0.4, 0.5) is 23.2 Å². The van der Waals surface area contributed by atoms with Gasteiger partial charge in [-0.1, -0.05) is 18.2 Å². The highest BCUT2D eigenvalue weighted by Gasteiger charge is 2.32. The molecule has 2 aromatic carbocycles. The third-order valence-electron chi connectivity index (χ3n) is 2.96. The molecule has 106 valence electrons. The molecule has 0 aromatic heterocycles. The lowest BCUT2D eigenvalue weighted by Crippen LogP contribution is -2.11. The van der Waals surface area contributed by atoms with Crippen molar-refractivity contribution in [2.75, 3.05) is 5.32 Å². The highest BCUT2D eigenvalue weighted by molar-refractivity contribution is 5.47. The molecule has 5 heteroatoms. The summed E-state index contributed by atoms with van der Waals surface area (Å²) in [5.41, 5.74) is 0.522. The SMILES string of the molecule is Cc1cc(NCc2ccccc2C(F)(F)F)ccc1F. The Morgan fingerprint density at radius 2 is 1.75 bits per heavy atom. The maximum Gasteiger partial charge on any atom is 0.416 e. The largest absolute Gasteiger partial charge is 0.416 e. The van der Waals surface area contributed by atoms with Gasteiger partial charge in [-0.3, -0.25) is 0 Å². The molecule has 0 spiro atoms. The van der Waals surface area contributed by atoms with Crippen LogP contribution in [0.2, 0.25) is 0 Å². The molecule has 0 aliphatic rings. The molecule has 20 heavy (non-hydrogen) atoms. The van der Waals surface area contributed by atoms with Crippen LogP contribution in [-0.2, 0) is 12.7 Å². The van der Waals surface area contributed by atoms with Crippen molar-refractivity contribution in [1.82, 2.24) is 0 Å².